The third-order valence-electron chi connectivity index (χ3n) is 3.23. The van der Waals surface area contributed by atoms with Crippen molar-refractivity contribution in [2.75, 3.05) is 32.1 Å². The maximum Gasteiger partial charge on any atom is 0.224 e. The molecule has 0 aromatic carbocycles. The minimum atomic E-state index is 0.241. The fraction of sp³-hybridized carbons (Fsp3) is 0.636. The predicted octanol–water partition coefficient (Wildman–Crippen LogP) is 2.17. The van der Waals surface area contributed by atoms with Crippen LogP contribution in [0.4, 0.5) is 5.82 Å². The summed E-state index contributed by atoms with van der Waals surface area (Å²) in [5.74, 6) is 1.32. The number of rotatable bonds is 2. The Morgan fingerprint density at radius 1 is 1.35 bits per heavy atom. The zero-order valence-electron chi connectivity index (χ0n) is 10.2. The van der Waals surface area contributed by atoms with Crippen LogP contribution >= 0.6 is 23.2 Å². The van der Waals surface area contributed by atoms with Crippen LogP contribution < -0.4 is 4.90 Å². The maximum absolute atomic E-state index is 6.11. The minimum absolute atomic E-state index is 0.241. The Morgan fingerprint density at radius 2 is 2.06 bits per heavy atom. The molecule has 1 saturated heterocycles. The van der Waals surface area contributed by atoms with Crippen LogP contribution in [0.2, 0.25) is 10.3 Å². The van der Waals surface area contributed by atoms with Crippen LogP contribution in [0.1, 0.15) is 6.92 Å². The molecule has 0 radical (unpaired) electrons. The lowest BCUT2D eigenvalue weighted by Gasteiger charge is -2.22. The van der Waals surface area contributed by atoms with Gasteiger partial charge in [0.2, 0.25) is 5.28 Å². The number of hydrogen-bond acceptors (Lipinski definition) is 4. The summed E-state index contributed by atoms with van der Waals surface area (Å²) < 4.78 is 0. The second-order valence-electron chi connectivity index (χ2n) is 4.72. The molecule has 1 aromatic heterocycles. The number of likely N-dealkylation sites (N-methyl/N-ethyl adjacent to an activating group) is 1. The fourth-order valence-electron chi connectivity index (χ4n) is 2.35. The fourth-order valence-corrected chi connectivity index (χ4v) is 2.69. The summed E-state index contributed by atoms with van der Waals surface area (Å²) in [6, 6.07) is 0.514. The Labute approximate surface area is 112 Å². The first-order chi connectivity index (χ1) is 7.99. The molecule has 2 atom stereocenters. The van der Waals surface area contributed by atoms with Gasteiger partial charge in [-0.2, -0.15) is 4.98 Å². The summed E-state index contributed by atoms with van der Waals surface area (Å²) in [5, 5.41) is 0.798. The normalized spacial score (nSPS) is 24.7. The van der Waals surface area contributed by atoms with Gasteiger partial charge >= 0.3 is 0 Å². The van der Waals surface area contributed by atoms with Crippen molar-refractivity contribution in [2.45, 2.75) is 13.0 Å². The topological polar surface area (TPSA) is 32.3 Å². The quantitative estimate of drug-likeness (QED) is 0.774. The van der Waals surface area contributed by atoms with Gasteiger partial charge in [-0.05, 0) is 31.6 Å². The largest absolute Gasteiger partial charge is 0.353 e. The lowest BCUT2D eigenvalue weighted by Crippen LogP contribution is -2.34. The van der Waals surface area contributed by atoms with Gasteiger partial charge in [0.15, 0.2) is 5.82 Å². The van der Waals surface area contributed by atoms with Gasteiger partial charge in [0.05, 0.1) is 6.20 Å². The lowest BCUT2D eigenvalue weighted by atomic mass is 10.1. The van der Waals surface area contributed by atoms with Crippen molar-refractivity contribution in [3.8, 4) is 0 Å². The van der Waals surface area contributed by atoms with E-state index in [1.807, 2.05) is 0 Å². The molecule has 1 aliphatic heterocycles. The van der Waals surface area contributed by atoms with E-state index in [4.69, 9.17) is 23.2 Å². The van der Waals surface area contributed by atoms with Gasteiger partial charge in [0.25, 0.3) is 0 Å². The molecular weight excluding hydrogens is 259 g/mol. The van der Waals surface area contributed by atoms with Crippen molar-refractivity contribution in [1.29, 1.82) is 0 Å². The van der Waals surface area contributed by atoms with Crippen LogP contribution in [0.3, 0.4) is 0 Å². The summed E-state index contributed by atoms with van der Waals surface area (Å²) in [4.78, 5) is 12.5. The molecule has 0 N–H and O–H groups in total. The van der Waals surface area contributed by atoms with Gasteiger partial charge in [0, 0.05) is 19.1 Å². The first-order valence-electron chi connectivity index (χ1n) is 5.58. The summed E-state index contributed by atoms with van der Waals surface area (Å²) >= 11 is 11.9. The van der Waals surface area contributed by atoms with Gasteiger partial charge in [-0.1, -0.05) is 18.5 Å². The Bertz CT molecular complexity index is 410. The molecule has 0 aliphatic carbocycles. The van der Waals surface area contributed by atoms with E-state index in [1.54, 1.807) is 6.20 Å². The van der Waals surface area contributed by atoms with Crippen molar-refractivity contribution in [2.24, 2.45) is 5.92 Å². The highest BCUT2D eigenvalue weighted by atomic mass is 35.5. The van der Waals surface area contributed by atoms with E-state index in [-0.39, 0.29) is 5.28 Å². The van der Waals surface area contributed by atoms with Crippen LogP contribution in [-0.4, -0.2) is 48.1 Å². The molecular formula is C11H16Cl2N4. The number of aromatic nitrogens is 2. The highest BCUT2D eigenvalue weighted by molar-refractivity contribution is 6.33. The zero-order chi connectivity index (χ0) is 12.6. The standard InChI is InChI=1S/C11H16Cl2N4/c1-7-5-17(6-9(7)16(2)3)10-8(12)4-14-11(13)15-10/h4,7,9H,5-6H2,1-3H3. The highest BCUT2D eigenvalue weighted by Gasteiger charge is 2.32. The summed E-state index contributed by atoms with van der Waals surface area (Å²) in [6.45, 7) is 4.10. The van der Waals surface area contributed by atoms with E-state index in [1.165, 1.54) is 0 Å². The second-order valence-corrected chi connectivity index (χ2v) is 5.47. The van der Waals surface area contributed by atoms with Crippen molar-refractivity contribution in [3.63, 3.8) is 0 Å². The molecule has 94 valence electrons. The summed E-state index contributed by atoms with van der Waals surface area (Å²) in [6.07, 6.45) is 1.56. The molecule has 2 unspecified atom stereocenters. The lowest BCUT2D eigenvalue weighted by molar-refractivity contribution is 0.266. The Hall–Kier alpha value is -0.580. The van der Waals surface area contributed by atoms with Crippen molar-refractivity contribution in [3.05, 3.63) is 16.5 Å². The Kier molecular flexibility index (Phi) is 3.76. The summed E-state index contributed by atoms with van der Waals surface area (Å²) in [7, 11) is 4.19. The molecule has 1 aliphatic rings. The van der Waals surface area contributed by atoms with Crippen LogP contribution in [0.5, 0.6) is 0 Å². The third kappa shape index (κ3) is 2.64. The van der Waals surface area contributed by atoms with E-state index in [0.29, 0.717) is 17.0 Å². The first-order valence-corrected chi connectivity index (χ1v) is 6.34. The van der Waals surface area contributed by atoms with Gasteiger partial charge in [0.1, 0.15) is 5.02 Å². The van der Waals surface area contributed by atoms with Gasteiger partial charge in [-0.25, -0.2) is 4.98 Å². The van der Waals surface area contributed by atoms with E-state index >= 15 is 0 Å². The maximum atomic E-state index is 6.11. The van der Waals surface area contributed by atoms with Gasteiger partial charge in [-0.15, -0.1) is 0 Å². The Balaban J connectivity index is 2.22. The molecule has 2 heterocycles. The van der Waals surface area contributed by atoms with Crippen LogP contribution in [-0.2, 0) is 0 Å². The second kappa shape index (κ2) is 4.96. The van der Waals surface area contributed by atoms with Crippen molar-refractivity contribution < 1.29 is 0 Å². The number of anilines is 1. The molecule has 0 saturated carbocycles. The molecule has 4 nitrogen and oxygen atoms in total. The van der Waals surface area contributed by atoms with E-state index in [0.717, 1.165) is 18.9 Å². The Morgan fingerprint density at radius 3 is 2.65 bits per heavy atom. The molecule has 2 rings (SSSR count). The van der Waals surface area contributed by atoms with Gasteiger partial charge < -0.3 is 9.80 Å². The van der Waals surface area contributed by atoms with E-state index < -0.39 is 0 Å². The minimum Gasteiger partial charge on any atom is -0.353 e. The smallest absolute Gasteiger partial charge is 0.224 e. The molecule has 6 heteroatoms. The van der Waals surface area contributed by atoms with E-state index in [2.05, 4.69) is 40.8 Å². The first kappa shape index (κ1) is 12.9. The molecule has 0 amide bonds. The molecule has 1 aromatic rings. The molecule has 1 fully saturated rings. The van der Waals surface area contributed by atoms with Crippen molar-refractivity contribution >= 4 is 29.0 Å². The number of hydrogen-bond donors (Lipinski definition) is 0. The molecule has 0 bridgehead atoms. The average Bonchev–Trinajstić information content (AvgIpc) is 2.64. The molecule has 17 heavy (non-hydrogen) atoms. The average molecular weight is 275 g/mol. The zero-order valence-corrected chi connectivity index (χ0v) is 11.7. The summed E-state index contributed by atoms with van der Waals surface area (Å²) in [5.41, 5.74) is 0. The number of halogens is 2. The SMILES string of the molecule is CC1CN(c2nc(Cl)ncc2Cl)CC1N(C)C. The van der Waals surface area contributed by atoms with Crippen LogP contribution in [0, 0.1) is 5.92 Å². The van der Waals surface area contributed by atoms with Crippen LogP contribution in [0.25, 0.3) is 0 Å². The predicted molar refractivity (Wildman–Crippen MR) is 70.9 cm³/mol. The third-order valence-corrected chi connectivity index (χ3v) is 3.68. The number of nitrogens with zero attached hydrogens (tertiary/aromatic N) is 4. The molecule has 0 spiro atoms. The monoisotopic (exact) mass is 274 g/mol. The van der Waals surface area contributed by atoms with Crippen molar-refractivity contribution in [1.82, 2.24) is 14.9 Å². The van der Waals surface area contributed by atoms with Gasteiger partial charge in [-0.3, -0.25) is 0 Å². The highest BCUT2D eigenvalue weighted by Crippen LogP contribution is 2.30. The van der Waals surface area contributed by atoms with Crippen LogP contribution in [0.15, 0.2) is 6.20 Å². The van der Waals surface area contributed by atoms with E-state index in [9.17, 15) is 0 Å².